The first-order valence-electron chi connectivity index (χ1n) is 6.02. The quantitative estimate of drug-likeness (QED) is 0.822. The van der Waals surface area contributed by atoms with Crippen molar-refractivity contribution in [3.8, 4) is 0 Å². The molecule has 3 nitrogen and oxygen atoms in total. The highest BCUT2D eigenvalue weighted by Crippen LogP contribution is 2.11. The van der Waals surface area contributed by atoms with Gasteiger partial charge in [0.15, 0.2) is 0 Å². The number of nitrogens with one attached hydrogen (secondary N) is 1. The molecule has 0 radical (unpaired) electrons. The Morgan fingerprint density at radius 3 is 2.65 bits per heavy atom. The molecule has 1 aromatic carbocycles. The molecular weight excluding hydrogens is 214 g/mol. The lowest BCUT2D eigenvalue weighted by Crippen LogP contribution is -2.40. The second-order valence-corrected chi connectivity index (χ2v) is 4.74. The van der Waals surface area contributed by atoms with Gasteiger partial charge >= 0.3 is 0 Å². The van der Waals surface area contributed by atoms with Crippen LogP contribution in [0.25, 0.3) is 0 Å². The largest absolute Gasteiger partial charge is 0.388 e. The van der Waals surface area contributed by atoms with E-state index in [1.165, 1.54) is 0 Å². The van der Waals surface area contributed by atoms with E-state index in [-0.39, 0.29) is 12.5 Å². The topological polar surface area (TPSA) is 49.3 Å². The zero-order valence-corrected chi connectivity index (χ0v) is 10.8. The Morgan fingerprint density at radius 2 is 2.06 bits per heavy atom. The zero-order chi connectivity index (χ0) is 12.9. The highest BCUT2D eigenvalue weighted by Gasteiger charge is 2.20. The van der Waals surface area contributed by atoms with E-state index in [1.807, 2.05) is 32.0 Å². The Bertz CT molecular complexity index is 386. The van der Waals surface area contributed by atoms with Gasteiger partial charge in [0.2, 0.25) is 0 Å². The molecule has 17 heavy (non-hydrogen) atoms. The maximum Gasteiger partial charge on any atom is 0.251 e. The second-order valence-electron chi connectivity index (χ2n) is 4.74. The van der Waals surface area contributed by atoms with Gasteiger partial charge in [-0.2, -0.15) is 0 Å². The molecular formula is C14H21NO2. The number of carbonyl (C=O) groups excluding carboxylic acids is 1. The van der Waals surface area contributed by atoms with E-state index >= 15 is 0 Å². The first-order valence-corrected chi connectivity index (χ1v) is 6.02. The number of aliphatic hydroxyl groups is 1. The van der Waals surface area contributed by atoms with Crippen LogP contribution in [-0.4, -0.2) is 23.2 Å². The van der Waals surface area contributed by atoms with Crippen LogP contribution < -0.4 is 5.32 Å². The SMILES string of the molecule is CCCC(C)(O)CNC(=O)c1ccccc1C. The van der Waals surface area contributed by atoms with Crippen LogP contribution in [-0.2, 0) is 0 Å². The summed E-state index contributed by atoms with van der Waals surface area (Å²) in [5, 5.41) is 12.7. The van der Waals surface area contributed by atoms with Crippen molar-refractivity contribution < 1.29 is 9.90 Å². The smallest absolute Gasteiger partial charge is 0.251 e. The highest BCUT2D eigenvalue weighted by molar-refractivity contribution is 5.95. The summed E-state index contributed by atoms with van der Waals surface area (Å²) in [6.07, 6.45) is 1.58. The first kappa shape index (κ1) is 13.7. The van der Waals surface area contributed by atoms with Gasteiger partial charge in [0.25, 0.3) is 5.91 Å². The summed E-state index contributed by atoms with van der Waals surface area (Å²) in [7, 11) is 0. The molecule has 1 unspecified atom stereocenters. The lowest BCUT2D eigenvalue weighted by atomic mass is 10.0. The molecule has 0 saturated heterocycles. The summed E-state index contributed by atoms with van der Waals surface area (Å²) < 4.78 is 0. The van der Waals surface area contributed by atoms with Crippen molar-refractivity contribution in [2.75, 3.05) is 6.54 Å². The standard InChI is InChI=1S/C14H21NO2/c1-4-9-14(3,17)10-15-13(16)12-8-6-5-7-11(12)2/h5-8,17H,4,9-10H2,1-3H3,(H,15,16). The van der Waals surface area contributed by atoms with Crippen molar-refractivity contribution in [1.29, 1.82) is 0 Å². The van der Waals surface area contributed by atoms with Gasteiger partial charge in [-0.1, -0.05) is 31.5 Å². The Balaban J connectivity index is 2.59. The van der Waals surface area contributed by atoms with Crippen LogP contribution >= 0.6 is 0 Å². The molecule has 0 aliphatic carbocycles. The summed E-state index contributed by atoms with van der Waals surface area (Å²) in [5.41, 5.74) is 0.785. The molecule has 94 valence electrons. The van der Waals surface area contributed by atoms with E-state index in [9.17, 15) is 9.90 Å². The summed E-state index contributed by atoms with van der Waals surface area (Å²) in [6, 6.07) is 7.43. The average molecular weight is 235 g/mol. The van der Waals surface area contributed by atoms with Gasteiger partial charge in [0.1, 0.15) is 0 Å². The van der Waals surface area contributed by atoms with Gasteiger partial charge in [0, 0.05) is 12.1 Å². The van der Waals surface area contributed by atoms with Crippen molar-refractivity contribution in [3.63, 3.8) is 0 Å². The Kier molecular flexibility index (Phi) is 4.70. The molecule has 0 fully saturated rings. The Labute approximate surface area is 103 Å². The third-order valence-electron chi connectivity index (χ3n) is 2.81. The minimum absolute atomic E-state index is 0.125. The fourth-order valence-electron chi connectivity index (χ4n) is 1.82. The number of benzene rings is 1. The van der Waals surface area contributed by atoms with E-state index in [0.717, 1.165) is 12.0 Å². The van der Waals surface area contributed by atoms with Crippen molar-refractivity contribution >= 4 is 5.91 Å². The van der Waals surface area contributed by atoms with Gasteiger partial charge in [-0.15, -0.1) is 0 Å². The number of carbonyl (C=O) groups is 1. The number of hydrogen-bond acceptors (Lipinski definition) is 2. The van der Waals surface area contributed by atoms with Crippen LogP contribution in [0, 0.1) is 6.92 Å². The molecule has 0 bridgehead atoms. The molecule has 0 aromatic heterocycles. The molecule has 0 saturated carbocycles. The van der Waals surface area contributed by atoms with E-state index in [2.05, 4.69) is 5.32 Å². The summed E-state index contributed by atoms with van der Waals surface area (Å²) in [5.74, 6) is -0.125. The van der Waals surface area contributed by atoms with Crippen molar-refractivity contribution in [1.82, 2.24) is 5.32 Å². The third kappa shape index (κ3) is 4.19. The van der Waals surface area contributed by atoms with Crippen molar-refractivity contribution in [2.24, 2.45) is 0 Å². The van der Waals surface area contributed by atoms with Crippen LogP contribution in [0.5, 0.6) is 0 Å². The number of aryl methyl sites for hydroxylation is 1. The van der Waals surface area contributed by atoms with Crippen LogP contribution in [0.15, 0.2) is 24.3 Å². The van der Waals surface area contributed by atoms with Gasteiger partial charge < -0.3 is 10.4 Å². The van der Waals surface area contributed by atoms with Crippen LogP contribution in [0.1, 0.15) is 42.6 Å². The first-order chi connectivity index (χ1) is 7.96. The molecule has 0 heterocycles. The normalized spacial score (nSPS) is 14.1. The predicted molar refractivity (Wildman–Crippen MR) is 69.0 cm³/mol. The highest BCUT2D eigenvalue weighted by atomic mass is 16.3. The molecule has 3 heteroatoms. The van der Waals surface area contributed by atoms with Crippen molar-refractivity contribution in [3.05, 3.63) is 35.4 Å². The van der Waals surface area contributed by atoms with E-state index in [1.54, 1.807) is 13.0 Å². The van der Waals surface area contributed by atoms with Gasteiger partial charge in [-0.25, -0.2) is 0 Å². The molecule has 0 aliphatic rings. The summed E-state index contributed by atoms with van der Waals surface area (Å²) >= 11 is 0. The molecule has 1 atom stereocenters. The molecule has 0 spiro atoms. The lowest BCUT2D eigenvalue weighted by Gasteiger charge is -2.23. The van der Waals surface area contributed by atoms with Crippen LogP contribution in [0.3, 0.4) is 0 Å². The monoisotopic (exact) mass is 235 g/mol. The lowest BCUT2D eigenvalue weighted by molar-refractivity contribution is 0.0469. The van der Waals surface area contributed by atoms with Crippen LogP contribution in [0.4, 0.5) is 0 Å². The summed E-state index contributed by atoms with van der Waals surface area (Å²) in [4.78, 5) is 11.9. The molecule has 1 rings (SSSR count). The Morgan fingerprint density at radius 1 is 1.41 bits per heavy atom. The molecule has 0 aliphatic heterocycles. The van der Waals surface area contributed by atoms with Gasteiger partial charge in [-0.05, 0) is 31.9 Å². The number of amides is 1. The fourth-order valence-corrected chi connectivity index (χ4v) is 1.82. The molecule has 1 aromatic rings. The van der Waals surface area contributed by atoms with E-state index in [0.29, 0.717) is 12.0 Å². The minimum atomic E-state index is -0.826. The van der Waals surface area contributed by atoms with Crippen molar-refractivity contribution in [2.45, 2.75) is 39.2 Å². The molecule has 2 N–H and O–H groups in total. The van der Waals surface area contributed by atoms with Gasteiger partial charge in [0.05, 0.1) is 5.60 Å². The van der Waals surface area contributed by atoms with E-state index in [4.69, 9.17) is 0 Å². The molecule has 1 amide bonds. The number of hydrogen-bond donors (Lipinski definition) is 2. The average Bonchev–Trinajstić information content (AvgIpc) is 2.27. The van der Waals surface area contributed by atoms with E-state index < -0.39 is 5.60 Å². The predicted octanol–water partition coefficient (Wildman–Crippen LogP) is 2.28. The Hall–Kier alpha value is -1.35. The third-order valence-corrected chi connectivity index (χ3v) is 2.81. The fraction of sp³-hybridized carbons (Fsp3) is 0.500. The zero-order valence-electron chi connectivity index (χ0n) is 10.8. The maximum absolute atomic E-state index is 11.9. The number of rotatable bonds is 5. The van der Waals surface area contributed by atoms with Gasteiger partial charge in [-0.3, -0.25) is 4.79 Å². The minimum Gasteiger partial charge on any atom is -0.388 e. The maximum atomic E-state index is 11.9. The summed E-state index contributed by atoms with van der Waals surface area (Å²) in [6.45, 7) is 5.94. The van der Waals surface area contributed by atoms with Crippen LogP contribution in [0.2, 0.25) is 0 Å². The second kappa shape index (κ2) is 5.82.